The molecule has 1 aromatic heterocycles. The first-order valence-electron chi connectivity index (χ1n) is 5.14. The van der Waals surface area contributed by atoms with Gasteiger partial charge < -0.3 is 10.0 Å². The summed E-state index contributed by atoms with van der Waals surface area (Å²) >= 11 is 3.29. The number of carboxylic acid groups (broad SMARTS) is 1. The molecule has 1 aromatic rings. The van der Waals surface area contributed by atoms with Gasteiger partial charge in [0.15, 0.2) is 0 Å². The van der Waals surface area contributed by atoms with Crippen molar-refractivity contribution in [2.24, 2.45) is 5.92 Å². The molecule has 0 radical (unpaired) electrons. The molecule has 17 heavy (non-hydrogen) atoms. The third-order valence-corrected chi connectivity index (χ3v) is 3.23. The summed E-state index contributed by atoms with van der Waals surface area (Å²) in [5.74, 6) is -1.72. The van der Waals surface area contributed by atoms with Crippen LogP contribution in [0, 0.1) is 12.8 Å². The van der Waals surface area contributed by atoms with Crippen molar-refractivity contribution in [1.29, 1.82) is 0 Å². The van der Waals surface area contributed by atoms with E-state index < -0.39 is 11.9 Å². The number of carbonyl (C=O) groups is 2. The maximum absolute atomic E-state index is 11.8. The summed E-state index contributed by atoms with van der Waals surface area (Å²) in [4.78, 5) is 28.3. The normalized spacial score (nSPS) is 19.8. The third-order valence-electron chi connectivity index (χ3n) is 2.79. The highest BCUT2D eigenvalue weighted by Crippen LogP contribution is 2.29. The first-order chi connectivity index (χ1) is 7.99. The van der Waals surface area contributed by atoms with Crippen LogP contribution in [0.1, 0.15) is 12.1 Å². The van der Waals surface area contributed by atoms with Gasteiger partial charge in [0, 0.05) is 23.6 Å². The topological polar surface area (TPSA) is 70.5 Å². The van der Waals surface area contributed by atoms with Crippen molar-refractivity contribution in [3.05, 3.63) is 22.4 Å². The molecule has 1 fully saturated rings. The number of pyridine rings is 1. The van der Waals surface area contributed by atoms with Crippen molar-refractivity contribution in [2.75, 3.05) is 11.4 Å². The Kier molecular flexibility index (Phi) is 3.15. The SMILES string of the molecule is Cc1ncc(Br)cc1N1CC(C(=O)O)CC1=O. The van der Waals surface area contributed by atoms with E-state index in [2.05, 4.69) is 20.9 Å². The molecule has 2 heterocycles. The molecule has 1 saturated heterocycles. The Morgan fingerprint density at radius 2 is 2.35 bits per heavy atom. The van der Waals surface area contributed by atoms with Crippen molar-refractivity contribution in [2.45, 2.75) is 13.3 Å². The Bertz CT molecular complexity index is 490. The Balaban J connectivity index is 2.32. The Labute approximate surface area is 107 Å². The molecule has 1 amide bonds. The lowest BCUT2D eigenvalue weighted by Crippen LogP contribution is -2.26. The first kappa shape index (κ1) is 12.0. The van der Waals surface area contributed by atoms with Crippen LogP contribution in [0.5, 0.6) is 0 Å². The van der Waals surface area contributed by atoms with Gasteiger partial charge in [-0.2, -0.15) is 0 Å². The molecule has 1 atom stereocenters. The molecule has 2 rings (SSSR count). The van der Waals surface area contributed by atoms with Crippen LogP contribution in [0.15, 0.2) is 16.7 Å². The van der Waals surface area contributed by atoms with E-state index in [9.17, 15) is 9.59 Å². The largest absolute Gasteiger partial charge is 0.481 e. The van der Waals surface area contributed by atoms with Gasteiger partial charge in [-0.15, -0.1) is 0 Å². The lowest BCUT2D eigenvalue weighted by Gasteiger charge is -2.18. The maximum atomic E-state index is 11.8. The zero-order valence-electron chi connectivity index (χ0n) is 9.18. The van der Waals surface area contributed by atoms with Crippen LogP contribution in [-0.4, -0.2) is 28.5 Å². The Morgan fingerprint density at radius 3 is 2.94 bits per heavy atom. The highest BCUT2D eigenvalue weighted by Gasteiger charge is 2.35. The van der Waals surface area contributed by atoms with Gasteiger partial charge in [-0.3, -0.25) is 14.6 Å². The van der Waals surface area contributed by atoms with Crippen LogP contribution in [0.4, 0.5) is 5.69 Å². The number of hydrogen-bond donors (Lipinski definition) is 1. The molecule has 0 aliphatic carbocycles. The second-order valence-electron chi connectivity index (χ2n) is 4.00. The van der Waals surface area contributed by atoms with Crippen LogP contribution < -0.4 is 4.90 Å². The van der Waals surface area contributed by atoms with Crippen LogP contribution in [0.3, 0.4) is 0 Å². The molecule has 0 aromatic carbocycles. The molecule has 0 saturated carbocycles. The van der Waals surface area contributed by atoms with Crippen molar-refractivity contribution >= 4 is 33.5 Å². The van der Waals surface area contributed by atoms with E-state index in [0.29, 0.717) is 11.4 Å². The van der Waals surface area contributed by atoms with E-state index in [1.807, 2.05) is 0 Å². The van der Waals surface area contributed by atoms with Gasteiger partial charge >= 0.3 is 5.97 Å². The van der Waals surface area contributed by atoms with Gasteiger partial charge in [0.2, 0.25) is 5.91 Å². The van der Waals surface area contributed by atoms with E-state index in [-0.39, 0.29) is 18.9 Å². The van der Waals surface area contributed by atoms with E-state index in [1.165, 1.54) is 4.90 Å². The number of aryl methyl sites for hydroxylation is 1. The zero-order valence-corrected chi connectivity index (χ0v) is 10.8. The molecule has 1 unspecified atom stereocenters. The number of nitrogens with zero attached hydrogens (tertiary/aromatic N) is 2. The second kappa shape index (κ2) is 4.44. The van der Waals surface area contributed by atoms with Crippen LogP contribution in [-0.2, 0) is 9.59 Å². The number of amides is 1. The molecular weight excluding hydrogens is 288 g/mol. The molecule has 90 valence electrons. The lowest BCUT2D eigenvalue weighted by molar-refractivity contribution is -0.141. The van der Waals surface area contributed by atoms with Gasteiger partial charge in [0.25, 0.3) is 0 Å². The van der Waals surface area contributed by atoms with E-state index in [0.717, 1.165) is 4.47 Å². The number of carbonyl (C=O) groups excluding carboxylic acids is 1. The van der Waals surface area contributed by atoms with Crippen LogP contribution >= 0.6 is 15.9 Å². The van der Waals surface area contributed by atoms with Crippen molar-refractivity contribution in [3.8, 4) is 0 Å². The Morgan fingerprint density at radius 1 is 1.65 bits per heavy atom. The molecule has 6 heteroatoms. The minimum Gasteiger partial charge on any atom is -0.481 e. The van der Waals surface area contributed by atoms with E-state index in [1.54, 1.807) is 19.2 Å². The minimum atomic E-state index is -0.929. The smallest absolute Gasteiger partial charge is 0.308 e. The molecule has 0 spiro atoms. The van der Waals surface area contributed by atoms with E-state index in [4.69, 9.17) is 5.11 Å². The predicted molar refractivity (Wildman–Crippen MR) is 64.8 cm³/mol. The summed E-state index contributed by atoms with van der Waals surface area (Å²) in [7, 11) is 0. The summed E-state index contributed by atoms with van der Waals surface area (Å²) in [5.41, 5.74) is 1.39. The summed E-state index contributed by atoms with van der Waals surface area (Å²) in [6.45, 7) is 2.01. The second-order valence-corrected chi connectivity index (χ2v) is 4.92. The number of anilines is 1. The minimum absolute atomic E-state index is 0.0568. The first-order valence-corrected chi connectivity index (χ1v) is 5.93. The number of hydrogen-bond acceptors (Lipinski definition) is 3. The summed E-state index contributed by atoms with van der Waals surface area (Å²) in [5, 5.41) is 8.92. The monoisotopic (exact) mass is 298 g/mol. The van der Waals surface area contributed by atoms with Gasteiger partial charge in [-0.05, 0) is 28.9 Å². The quantitative estimate of drug-likeness (QED) is 0.900. The molecule has 1 aliphatic heterocycles. The van der Waals surface area contributed by atoms with Gasteiger partial charge in [-0.1, -0.05) is 0 Å². The summed E-state index contributed by atoms with van der Waals surface area (Å²) in [6.07, 6.45) is 1.70. The zero-order chi connectivity index (χ0) is 12.6. The number of halogens is 1. The maximum Gasteiger partial charge on any atom is 0.308 e. The van der Waals surface area contributed by atoms with E-state index >= 15 is 0 Å². The van der Waals surface area contributed by atoms with Crippen molar-refractivity contribution < 1.29 is 14.7 Å². The van der Waals surface area contributed by atoms with Gasteiger partial charge in [0.05, 0.1) is 17.3 Å². The van der Waals surface area contributed by atoms with Gasteiger partial charge in [-0.25, -0.2) is 0 Å². The summed E-state index contributed by atoms with van der Waals surface area (Å²) < 4.78 is 0.768. The fourth-order valence-electron chi connectivity index (χ4n) is 1.88. The fourth-order valence-corrected chi connectivity index (χ4v) is 2.20. The standard InChI is InChI=1S/C11H11BrN2O3/c1-6-9(3-8(12)4-13-6)14-5-7(11(16)17)2-10(14)15/h3-4,7H,2,5H2,1H3,(H,16,17). The van der Waals surface area contributed by atoms with Crippen LogP contribution in [0.25, 0.3) is 0 Å². The Hall–Kier alpha value is -1.43. The fraction of sp³-hybridized carbons (Fsp3) is 0.364. The number of aliphatic carboxylic acids is 1. The average Bonchev–Trinajstić information content (AvgIpc) is 2.64. The number of carboxylic acids is 1. The van der Waals surface area contributed by atoms with Crippen LogP contribution in [0.2, 0.25) is 0 Å². The number of aromatic nitrogens is 1. The molecule has 1 aliphatic rings. The molecule has 0 bridgehead atoms. The molecule has 5 nitrogen and oxygen atoms in total. The highest BCUT2D eigenvalue weighted by molar-refractivity contribution is 9.10. The average molecular weight is 299 g/mol. The van der Waals surface area contributed by atoms with Crippen molar-refractivity contribution in [1.82, 2.24) is 4.98 Å². The number of rotatable bonds is 2. The third kappa shape index (κ3) is 2.31. The molecule has 1 N–H and O–H groups in total. The lowest BCUT2D eigenvalue weighted by atomic mass is 10.1. The molecular formula is C11H11BrN2O3. The predicted octanol–water partition coefficient (Wildman–Crippen LogP) is 1.59. The highest BCUT2D eigenvalue weighted by atomic mass is 79.9. The van der Waals surface area contributed by atoms with Crippen molar-refractivity contribution in [3.63, 3.8) is 0 Å². The summed E-state index contributed by atoms with van der Waals surface area (Å²) in [6, 6.07) is 1.78. The van der Waals surface area contributed by atoms with Gasteiger partial charge in [0.1, 0.15) is 0 Å².